The van der Waals surface area contributed by atoms with Gasteiger partial charge in [-0.2, -0.15) is 18.2 Å². The standard InChI is InChI=1S/C20H23F3N6O2/c1-12-8-29(11-25-12)16-6-5-14(7-17(16)30-4)28(3)19-26-15(13(2)18(24)27-19)9-31-10-20(21,22)23/h5-8,11H,9-10H2,1-4H3,(H2,24,26,27). The van der Waals surface area contributed by atoms with E-state index >= 15 is 0 Å². The van der Waals surface area contributed by atoms with Crippen LogP contribution in [0.4, 0.5) is 30.6 Å². The Bertz CT molecular complexity index is 1070. The minimum atomic E-state index is -4.42. The topological polar surface area (TPSA) is 91.3 Å². The molecule has 0 fully saturated rings. The number of hydrogen-bond acceptors (Lipinski definition) is 7. The molecule has 0 aliphatic rings. The molecule has 0 aliphatic carbocycles. The maximum atomic E-state index is 12.4. The van der Waals surface area contributed by atoms with Crippen molar-refractivity contribution in [1.82, 2.24) is 19.5 Å². The third-order valence-corrected chi connectivity index (χ3v) is 4.62. The van der Waals surface area contributed by atoms with Crippen LogP contribution in [0.1, 0.15) is 17.0 Å². The summed E-state index contributed by atoms with van der Waals surface area (Å²) in [5.41, 5.74) is 9.09. The van der Waals surface area contributed by atoms with Gasteiger partial charge in [0, 0.05) is 30.6 Å². The Morgan fingerprint density at radius 1 is 1.19 bits per heavy atom. The van der Waals surface area contributed by atoms with Crippen LogP contribution in [0, 0.1) is 13.8 Å². The van der Waals surface area contributed by atoms with E-state index in [-0.39, 0.29) is 24.1 Å². The lowest BCUT2D eigenvalue weighted by Crippen LogP contribution is -2.19. The highest BCUT2D eigenvalue weighted by molar-refractivity contribution is 5.64. The highest BCUT2D eigenvalue weighted by atomic mass is 19.4. The fourth-order valence-corrected chi connectivity index (χ4v) is 2.88. The monoisotopic (exact) mass is 436 g/mol. The van der Waals surface area contributed by atoms with Gasteiger partial charge in [0.15, 0.2) is 0 Å². The van der Waals surface area contributed by atoms with Gasteiger partial charge in [-0.25, -0.2) is 9.97 Å². The number of anilines is 3. The van der Waals surface area contributed by atoms with Crippen LogP contribution in [-0.4, -0.2) is 46.5 Å². The molecule has 166 valence electrons. The first-order valence-corrected chi connectivity index (χ1v) is 9.29. The van der Waals surface area contributed by atoms with Crippen LogP contribution >= 0.6 is 0 Å². The van der Waals surface area contributed by atoms with E-state index in [0.717, 1.165) is 11.4 Å². The highest BCUT2D eigenvalue weighted by Crippen LogP contribution is 2.31. The summed E-state index contributed by atoms with van der Waals surface area (Å²) in [6.45, 7) is 1.83. The van der Waals surface area contributed by atoms with Gasteiger partial charge in [0.25, 0.3) is 0 Å². The van der Waals surface area contributed by atoms with Crippen molar-refractivity contribution >= 4 is 17.5 Å². The minimum Gasteiger partial charge on any atom is -0.494 e. The molecule has 2 aromatic heterocycles. The van der Waals surface area contributed by atoms with Crippen molar-refractivity contribution in [2.45, 2.75) is 26.6 Å². The molecule has 0 aliphatic heterocycles. The molecule has 8 nitrogen and oxygen atoms in total. The molecule has 1 aromatic carbocycles. The summed E-state index contributed by atoms with van der Waals surface area (Å²) in [5.74, 6) is 0.984. The van der Waals surface area contributed by atoms with Gasteiger partial charge in [0.1, 0.15) is 18.2 Å². The van der Waals surface area contributed by atoms with Crippen LogP contribution in [0.5, 0.6) is 5.75 Å². The van der Waals surface area contributed by atoms with Gasteiger partial charge < -0.3 is 24.7 Å². The lowest BCUT2D eigenvalue weighted by molar-refractivity contribution is -0.176. The first kappa shape index (κ1) is 22.3. The number of halogens is 3. The molecule has 0 amide bonds. The van der Waals surface area contributed by atoms with E-state index in [1.54, 1.807) is 38.4 Å². The van der Waals surface area contributed by atoms with Crippen LogP contribution in [0.3, 0.4) is 0 Å². The van der Waals surface area contributed by atoms with E-state index < -0.39 is 12.8 Å². The molecule has 2 N–H and O–H groups in total. The predicted octanol–water partition coefficient (Wildman–Crippen LogP) is 3.72. The van der Waals surface area contributed by atoms with Crippen molar-refractivity contribution in [2.75, 3.05) is 31.4 Å². The molecule has 3 rings (SSSR count). The SMILES string of the molecule is COc1cc(N(C)c2nc(N)c(C)c(COCC(F)(F)F)n2)ccc1-n1cnc(C)c1. The lowest BCUT2D eigenvalue weighted by Gasteiger charge is -2.21. The first-order chi connectivity index (χ1) is 14.6. The fourth-order valence-electron chi connectivity index (χ4n) is 2.88. The van der Waals surface area contributed by atoms with Crippen molar-refractivity contribution < 1.29 is 22.6 Å². The predicted molar refractivity (Wildman–Crippen MR) is 110 cm³/mol. The number of ether oxygens (including phenoxy) is 2. The zero-order valence-corrected chi connectivity index (χ0v) is 17.6. The van der Waals surface area contributed by atoms with Gasteiger partial charge in [0.05, 0.1) is 37.1 Å². The fraction of sp³-hybridized carbons (Fsp3) is 0.350. The average molecular weight is 436 g/mol. The summed E-state index contributed by atoms with van der Waals surface area (Å²) in [6.07, 6.45) is -0.857. The molecule has 0 spiro atoms. The molecule has 0 unspecified atom stereocenters. The summed E-state index contributed by atoms with van der Waals surface area (Å²) >= 11 is 0. The van der Waals surface area contributed by atoms with Gasteiger partial charge in [0.2, 0.25) is 5.95 Å². The second-order valence-electron chi connectivity index (χ2n) is 6.93. The number of aromatic nitrogens is 4. The third kappa shape index (κ3) is 5.23. The largest absolute Gasteiger partial charge is 0.494 e. The molecular weight excluding hydrogens is 413 g/mol. The van der Waals surface area contributed by atoms with Crippen LogP contribution in [-0.2, 0) is 11.3 Å². The van der Waals surface area contributed by atoms with Gasteiger partial charge in [-0.1, -0.05) is 0 Å². The Labute approximate surface area is 177 Å². The maximum absolute atomic E-state index is 12.4. The summed E-state index contributed by atoms with van der Waals surface area (Å²) in [4.78, 5) is 14.5. The Morgan fingerprint density at radius 2 is 1.94 bits per heavy atom. The van der Waals surface area contributed by atoms with Gasteiger partial charge in [-0.05, 0) is 26.0 Å². The summed E-state index contributed by atoms with van der Waals surface area (Å²) in [5, 5.41) is 0. The molecule has 3 aromatic rings. The lowest BCUT2D eigenvalue weighted by atomic mass is 10.2. The molecule has 0 saturated heterocycles. The Hall–Kier alpha value is -3.34. The van der Waals surface area contributed by atoms with Crippen LogP contribution in [0.15, 0.2) is 30.7 Å². The summed E-state index contributed by atoms with van der Waals surface area (Å²) in [7, 11) is 3.28. The van der Waals surface area contributed by atoms with Gasteiger partial charge in [-0.15, -0.1) is 0 Å². The molecule has 0 radical (unpaired) electrons. The minimum absolute atomic E-state index is 0.167. The van der Waals surface area contributed by atoms with E-state index in [1.807, 2.05) is 29.8 Å². The molecule has 31 heavy (non-hydrogen) atoms. The van der Waals surface area contributed by atoms with Crippen LogP contribution in [0.25, 0.3) is 5.69 Å². The smallest absolute Gasteiger partial charge is 0.411 e. The Balaban J connectivity index is 1.89. The van der Waals surface area contributed by atoms with E-state index in [1.165, 1.54) is 0 Å². The quantitative estimate of drug-likeness (QED) is 0.604. The number of hydrogen-bond donors (Lipinski definition) is 1. The van der Waals surface area contributed by atoms with Gasteiger partial charge >= 0.3 is 6.18 Å². The van der Waals surface area contributed by atoms with E-state index in [2.05, 4.69) is 15.0 Å². The number of benzene rings is 1. The number of alkyl halides is 3. The number of nitrogens with two attached hydrogens (primary N) is 1. The Morgan fingerprint density at radius 3 is 2.55 bits per heavy atom. The van der Waals surface area contributed by atoms with Gasteiger partial charge in [-0.3, -0.25) is 0 Å². The maximum Gasteiger partial charge on any atom is 0.411 e. The van der Waals surface area contributed by atoms with Crippen LogP contribution < -0.4 is 15.4 Å². The number of methoxy groups -OCH3 is 1. The normalized spacial score (nSPS) is 11.6. The van der Waals surface area contributed by atoms with E-state index in [0.29, 0.717) is 17.0 Å². The first-order valence-electron chi connectivity index (χ1n) is 9.29. The third-order valence-electron chi connectivity index (χ3n) is 4.62. The second-order valence-corrected chi connectivity index (χ2v) is 6.93. The molecule has 2 heterocycles. The number of rotatable bonds is 7. The van der Waals surface area contributed by atoms with Crippen molar-refractivity contribution in [3.63, 3.8) is 0 Å². The van der Waals surface area contributed by atoms with E-state index in [4.69, 9.17) is 15.2 Å². The average Bonchev–Trinajstić information content (AvgIpc) is 3.15. The van der Waals surface area contributed by atoms with Crippen molar-refractivity contribution in [2.24, 2.45) is 0 Å². The van der Waals surface area contributed by atoms with Crippen LogP contribution in [0.2, 0.25) is 0 Å². The number of nitrogens with zero attached hydrogens (tertiary/aromatic N) is 5. The van der Waals surface area contributed by atoms with Crippen molar-refractivity contribution in [3.8, 4) is 11.4 Å². The molecule has 0 saturated carbocycles. The highest BCUT2D eigenvalue weighted by Gasteiger charge is 2.27. The molecular formula is C20H23F3N6O2. The second kappa shape index (κ2) is 8.80. The van der Waals surface area contributed by atoms with E-state index in [9.17, 15) is 13.2 Å². The van der Waals surface area contributed by atoms with Crippen molar-refractivity contribution in [1.29, 1.82) is 0 Å². The number of imidazole rings is 1. The molecule has 0 bridgehead atoms. The molecule has 11 heteroatoms. The Kier molecular flexibility index (Phi) is 6.34. The number of aryl methyl sites for hydroxylation is 1. The molecule has 0 atom stereocenters. The summed E-state index contributed by atoms with van der Waals surface area (Å²) in [6, 6.07) is 5.49. The van der Waals surface area contributed by atoms with Crippen molar-refractivity contribution in [3.05, 3.63) is 47.7 Å². The number of nitrogen functional groups attached to an aromatic ring is 1. The summed E-state index contributed by atoms with van der Waals surface area (Å²) < 4.78 is 49.3. The zero-order valence-electron chi connectivity index (χ0n) is 17.6. The zero-order chi connectivity index (χ0) is 22.8.